The first-order valence-corrected chi connectivity index (χ1v) is 15.0. The van der Waals surface area contributed by atoms with Crippen LogP contribution < -0.4 is 4.74 Å². The summed E-state index contributed by atoms with van der Waals surface area (Å²) in [5, 5.41) is 0.969. The first-order valence-electron chi connectivity index (χ1n) is 11.3. The number of pyridine rings is 1. The predicted octanol–water partition coefficient (Wildman–Crippen LogP) is 6.52. The SMILES string of the molecule is Cc1cc(Oc2nccc3c2ccn3COCC[Si-](C)(C)C)ccc1-c1c(C)ncnc1C. The smallest absolute Gasteiger partial charge is 0.228 e. The Balaban J connectivity index is 1.53. The summed E-state index contributed by atoms with van der Waals surface area (Å²) < 4.78 is 14.3. The number of hydrogen-bond donors (Lipinski definition) is 0. The monoisotopic (exact) mass is 460 g/mol. The second-order valence-electron chi connectivity index (χ2n) is 9.68. The minimum atomic E-state index is -1.09. The third-order valence-electron chi connectivity index (χ3n) is 5.80. The number of nitrogens with zero attached hydrogens (tertiary/aromatic N) is 4. The molecule has 0 spiro atoms. The molecule has 6 nitrogen and oxygen atoms in total. The first-order chi connectivity index (χ1) is 15.7. The molecule has 0 saturated heterocycles. The van der Waals surface area contributed by atoms with E-state index in [4.69, 9.17) is 9.47 Å². The van der Waals surface area contributed by atoms with Crippen LogP contribution in [0.3, 0.4) is 0 Å². The Hall–Kier alpha value is -3.03. The van der Waals surface area contributed by atoms with E-state index in [0.29, 0.717) is 12.6 Å². The van der Waals surface area contributed by atoms with Gasteiger partial charge in [0, 0.05) is 36.0 Å². The number of benzene rings is 1. The fourth-order valence-corrected chi connectivity index (χ4v) is 4.66. The Kier molecular flexibility index (Phi) is 6.62. The van der Waals surface area contributed by atoms with Crippen molar-refractivity contribution in [3.8, 4) is 22.8 Å². The molecule has 0 aliphatic heterocycles. The number of rotatable bonds is 8. The maximum absolute atomic E-state index is 6.22. The van der Waals surface area contributed by atoms with E-state index in [1.807, 2.05) is 44.3 Å². The molecule has 0 aliphatic rings. The molecule has 173 valence electrons. The zero-order valence-electron chi connectivity index (χ0n) is 20.3. The van der Waals surface area contributed by atoms with Gasteiger partial charge in [0.15, 0.2) is 0 Å². The van der Waals surface area contributed by atoms with Crippen molar-refractivity contribution in [2.24, 2.45) is 0 Å². The molecular weight excluding hydrogens is 428 g/mol. The summed E-state index contributed by atoms with van der Waals surface area (Å²) in [4.78, 5) is 13.2. The van der Waals surface area contributed by atoms with E-state index in [9.17, 15) is 0 Å². The van der Waals surface area contributed by atoms with Crippen LogP contribution in [0.1, 0.15) is 17.0 Å². The van der Waals surface area contributed by atoms with Crippen LogP contribution in [0.5, 0.6) is 11.6 Å². The van der Waals surface area contributed by atoms with Crippen molar-refractivity contribution in [1.29, 1.82) is 0 Å². The second-order valence-corrected chi connectivity index (χ2v) is 15.3. The Morgan fingerprint density at radius 2 is 1.70 bits per heavy atom. The van der Waals surface area contributed by atoms with Gasteiger partial charge in [-0.3, -0.25) is 0 Å². The average molecular weight is 461 g/mol. The summed E-state index contributed by atoms with van der Waals surface area (Å²) in [6.45, 7) is 14.5. The largest absolute Gasteiger partial charge is 0.438 e. The summed E-state index contributed by atoms with van der Waals surface area (Å²) in [5.74, 6) is 1.35. The number of aryl methyl sites for hydroxylation is 3. The van der Waals surface area contributed by atoms with Gasteiger partial charge in [0.25, 0.3) is 0 Å². The van der Waals surface area contributed by atoms with Crippen LogP contribution in [0.4, 0.5) is 0 Å². The van der Waals surface area contributed by atoms with Gasteiger partial charge in [-0.15, -0.1) is 14.1 Å². The normalized spacial score (nSPS) is 11.8. The summed E-state index contributed by atoms with van der Waals surface area (Å²) in [5.41, 5.74) is 6.29. The summed E-state index contributed by atoms with van der Waals surface area (Å²) >= 11 is 0. The van der Waals surface area contributed by atoms with Crippen molar-refractivity contribution in [3.63, 3.8) is 0 Å². The molecule has 0 aliphatic carbocycles. The number of aromatic nitrogens is 4. The Labute approximate surface area is 196 Å². The molecule has 0 bridgehead atoms. The molecule has 0 atom stereocenters. The molecule has 7 heteroatoms. The lowest BCUT2D eigenvalue weighted by atomic mass is 9.98. The van der Waals surface area contributed by atoms with Gasteiger partial charge in [-0.25, -0.2) is 15.0 Å². The van der Waals surface area contributed by atoms with Crippen LogP contribution in [-0.2, 0) is 11.5 Å². The van der Waals surface area contributed by atoms with Gasteiger partial charge in [0.05, 0.1) is 10.9 Å². The van der Waals surface area contributed by atoms with Gasteiger partial charge in [-0.2, -0.15) is 19.6 Å². The van der Waals surface area contributed by atoms with Gasteiger partial charge in [-0.05, 0) is 56.2 Å². The molecule has 0 unspecified atom stereocenters. The average Bonchev–Trinajstić information content (AvgIpc) is 3.16. The van der Waals surface area contributed by atoms with Crippen molar-refractivity contribution in [2.75, 3.05) is 6.61 Å². The van der Waals surface area contributed by atoms with Crippen molar-refractivity contribution >= 4 is 19.0 Å². The lowest BCUT2D eigenvalue weighted by Crippen LogP contribution is -2.21. The molecule has 1 aromatic carbocycles. The third-order valence-corrected chi connectivity index (χ3v) is 7.50. The maximum atomic E-state index is 6.22. The molecule has 4 aromatic rings. The first kappa shape index (κ1) is 23.1. The fraction of sp³-hybridized carbons (Fsp3) is 0.346. The van der Waals surface area contributed by atoms with Crippen molar-refractivity contribution in [3.05, 3.63) is 66.0 Å². The number of fused-ring (bicyclic) bond motifs is 1. The summed E-state index contributed by atoms with van der Waals surface area (Å²) in [6, 6.07) is 11.3. The van der Waals surface area contributed by atoms with Crippen LogP contribution >= 0.6 is 0 Å². The topological polar surface area (TPSA) is 62.1 Å². The minimum absolute atomic E-state index is 0.531. The molecule has 33 heavy (non-hydrogen) atoms. The number of hydrogen-bond acceptors (Lipinski definition) is 5. The standard InChI is InChI=1S/C26H32N4O2Si/c1-18-15-21(7-8-22(18)25-19(2)28-16-29-20(25)3)32-26-23-10-12-30(24(23)9-11-27-26)17-31-13-14-33(4,5)6/h7-12,15-16H,13-14,17H2,1-6H3/q-1. The van der Waals surface area contributed by atoms with Gasteiger partial charge in [0.2, 0.25) is 5.88 Å². The molecule has 3 heterocycles. The van der Waals surface area contributed by atoms with Crippen LogP contribution in [0.15, 0.2) is 49.1 Å². The highest BCUT2D eigenvalue weighted by Crippen LogP contribution is 2.33. The molecule has 0 amide bonds. The van der Waals surface area contributed by atoms with Gasteiger partial charge >= 0.3 is 0 Å². The highest BCUT2D eigenvalue weighted by atomic mass is 28.3. The number of ether oxygens (including phenoxy) is 2. The Bertz CT molecular complexity index is 1260. The zero-order chi connectivity index (χ0) is 23.6. The van der Waals surface area contributed by atoms with E-state index in [0.717, 1.165) is 57.4 Å². The van der Waals surface area contributed by atoms with Crippen LogP contribution in [-0.4, -0.2) is 34.2 Å². The van der Waals surface area contributed by atoms with E-state index < -0.39 is 8.07 Å². The van der Waals surface area contributed by atoms with E-state index >= 15 is 0 Å². The lowest BCUT2D eigenvalue weighted by molar-refractivity contribution is 0.0902. The lowest BCUT2D eigenvalue weighted by Gasteiger charge is -2.26. The van der Waals surface area contributed by atoms with Crippen LogP contribution in [0.2, 0.25) is 25.7 Å². The van der Waals surface area contributed by atoms with E-state index in [2.05, 4.69) is 52.2 Å². The van der Waals surface area contributed by atoms with Gasteiger partial charge in [0.1, 0.15) is 18.8 Å². The highest BCUT2D eigenvalue weighted by Gasteiger charge is 2.13. The maximum Gasteiger partial charge on any atom is 0.228 e. The van der Waals surface area contributed by atoms with Gasteiger partial charge in [-0.1, -0.05) is 6.07 Å². The predicted molar refractivity (Wildman–Crippen MR) is 136 cm³/mol. The Morgan fingerprint density at radius 1 is 0.939 bits per heavy atom. The van der Waals surface area contributed by atoms with E-state index in [-0.39, 0.29) is 0 Å². The van der Waals surface area contributed by atoms with Crippen molar-refractivity contribution in [2.45, 2.75) is 53.2 Å². The molecule has 0 radical (unpaired) electrons. The van der Waals surface area contributed by atoms with Crippen LogP contribution in [0, 0.1) is 20.8 Å². The molecule has 0 fully saturated rings. The summed E-state index contributed by atoms with van der Waals surface area (Å²) in [6.07, 6.45) is 5.42. The van der Waals surface area contributed by atoms with Gasteiger partial charge < -0.3 is 14.0 Å². The molecule has 0 saturated carbocycles. The summed E-state index contributed by atoms with van der Waals surface area (Å²) in [7, 11) is -1.09. The van der Waals surface area contributed by atoms with E-state index in [1.54, 1.807) is 12.5 Å². The fourth-order valence-electron chi connectivity index (χ4n) is 3.91. The Morgan fingerprint density at radius 3 is 2.39 bits per heavy atom. The molecular formula is C26H32N4O2Si-. The quantitative estimate of drug-likeness (QED) is 0.221. The molecule has 4 rings (SSSR count). The van der Waals surface area contributed by atoms with E-state index in [1.165, 1.54) is 0 Å². The van der Waals surface area contributed by atoms with Crippen molar-refractivity contribution < 1.29 is 9.47 Å². The minimum Gasteiger partial charge on any atom is -0.438 e. The highest BCUT2D eigenvalue weighted by molar-refractivity contribution is 6.76. The van der Waals surface area contributed by atoms with Crippen LogP contribution in [0.25, 0.3) is 22.0 Å². The zero-order valence-corrected chi connectivity index (χ0v) is 21.3. The van der Waals surface area contributed by atoms with Crippen molar-refractivity contribution in [1.82, 2.24) is 19.5 Å². The molecule has 0 N–H and O–H groups in total. The molecule has 3 aromatic heterocycles. The third kappa shape index (κ3) is 5.31. The second kappa shape index (κ2) is 9.45.